The minimum Gasteiger partial charge on any atom is -0.355 e. The van der Waals surface area contributed by atoms with Crippen LogP contribution >= 0.6 is 0 Å². The van der Waals surface area contributed by atoms with Crippen molar-refractivity contribution >= 4 is 16.7 Å². The van der Waals surface area contributed by atoms with Crippen molar-refractivity contribution in [2.75, 3.05) is 13.6 Å². The van der Waals surface area contributed by atoms with Crippen molar-refractivity contribution in [1.82, 2.24) is 10.6 Å². The van der Waals surface area contributed by atoms with Crippen LogP contribution in [0, 0.1) is 5.92 Å². The Morgan fingerprint density at radius 2 is 1.75 bits per heavy atom. The fraction of sp³-hybridized carbons (Fsp3) is 0.476. The van der Waals surface area contributed by atoms with Crippen LogP contribution < -0.4 is 10.6 Å². The molecule has 0 fully saturated rings. The van der Waals surface area contributed by atoms with Crippen molar-refractivity contribution in [2.24, 2.45) is 5.92 Å². The van der Waals surface area contributed by atoms with Crippen molar-refractivity contribution in [2.45, 2.75) is 46.6 Å². The third-order valence-electron chi connectivity index (χ3n) is 3.94. The molecule has 0 unspecified atom stereocenters. The van der Waals surface area contributed by atoms with Gasteiger partial charge in [0.05, 0.1) is 6.04 Å². The summed E-state index contributed by atoms with van der Waals surface area (Å²) in [7, 11) is 1.84. The highest BCUT2D eigenvalue weighted by Crippen LogP contribution is 2.16. The second-order valence-corrected chi connectivity index (χ2v) is 6.20. The summed E-state index contributed by atoms with van der Waals surface area (Å²) in [5, 5.41) is 8.59. The summed E-state index contributed by atoms with van der Waals surface area (Å²) in [6.07, 6.45) is 1.72. The van der Waals surface area contributed by atoms with Crippen LogP contribution in [0.4, 0.5) is 0 Å². The van der Waals surface area contributed by atoms with E-state index in [-0.39, 0.29) is 14.8 Å². The molecule has 2 aromatic carbocycles. The van der Waals surface area contributed by atoms with E-state index in [2.05, 4.69) is 54.8 Å². The van der Waals surface area contributed by atoms with Gasteiger partial charge in [0.15, 0.2) is 0 Å². The third kappa shape index (κ3) is 6.32. The number of benzene rings is 2. The second-order valence-electron chi connectivity index (χ2n) is 6.20. The Kier molecular flexibility index (Phi) is 9.10. The first-order valence-corrected chi connectivity index (χ1v) is 9.03. The number of fused-ring (bicyclic) bond motifs is 1. The third-order valence-corrected chi connectivity index (χ3v) is 3.94. The molecule has 0 radical (unpaired) electrons. The van der Waals surface area contributed by atoms with Crippen LogP contribution in [0.3, 0.4) is 0 Å². The lowest BCUT2D eigenvalue weighted by atomic mass is 10.0. The zero-order valence-corrected chi connectivity index (χ0v) is 15.7. The SMILES string of the molecule is CC.CN[C@@H](Cc1ccc2ccccc2c1)C(=O)NCCC(C)C.[HH].[HH]. The first-order chi connectivity index (χ1) is 11.6. The van der Waals surface area contributed by atoms with E-state index < -0.39 is 0 Å². The van der Waals surface area contributed by atoms with Crippen molar-refractivity contribution in [1.29, 1.82) is 0 Å². The molecular weight excluding hydrogens is 296 g/mol. The van der Waals surface area contributed by atoms with E-state index in [1.54, 1.807) is 0 Å². The molecule has 1 atom stereocenters. The molecule has 0 saturated carbocycles. The van der Waals surface area contributed by atoms with E-state index in [0.29, 0.717) is 12.3 Å². The van der Waals surface area contributed by atoms with Gasteiger partial charge in [0.2, 0.25) is 5.91 Å². The minimum atomic E-state index is -0.187. The van der Waals surface area contributed by atoms with Crippen molar-refractivity contribution in [3.05, 3.63) is 48.0 Å². The zero-order chi connectivity index (χ0) is 17.9. The number of nitrogens with one attached hydrogen (secondary N) is 2. The van der Waals surface area contributed by atoms with Gasteiger partial charge < -0.3 is 10.6 Å². The van der Waals surface area contributed by atoms with E-state index in [1.807, 2.05) is 33.0 Å². The fourth-order valence-corrected chi connectivity index (χ4v) is 2.53. The van der Waals surface area contributed by atoms with Gasteiger partial charge in [-0.2, -0.15) is 0 Å². The average Bonchev–Trinajstić information content (AvgIpc) is 2.60. The van der Waals surface area contributed by atoms with Crippen LogP contribution in [0.1, 0.15) is 42.5 Å². The lowest BCUT2D eigenvalue weighted by molar-refractivity contribution is -0.123. The second kappa shape index (κ2) is 10.8. The summed E-state index contributed by atoms with van der Waals surface area (Å²) in [4.78, 5) is 12.3. The van der Waals surface area contributed by atoms with Gasteiger partial charge >= 0.3 is 0 Å². The first-order valence-electron chi connectivity index (χ1n) is 9.03. The topological polar surface area (TPSA) is 41.1 Å². The van der Waals surface area contributed by atoms with E-state index >= 15 is 0 Å². The fourth-order valence-electron chi connectivity index (χ4n) is 2.53. The van der Waals surface area contributed by atoms with Gasteiger partial charge in [-0.3, -0.25) is 4.79 Å². The molecule has 1 amide bonds. The number of likely N-dealkylation sites (N-methyl/N-ethyl adjacent to an activating group) is 1. The molecule has 0 heterocycles. The van der Waals surface area contributed by atoms with Crippen LogP contribution in [0.5, 0.6) is 0 Å². The molecule has 136 valence electrons. The zero-order valence-electron chi connectivity index (χ0n) is 15.7. The molecule has 2 aromatic rings. The Morgan fingerprint density at radius 3 is 2.38 bits per heavy atom. The molecule has 0 aliphatic carbocycles. The van der Waals surface area contributed by atoms with Crippen molar-refractivity contribution < 1.29 is 7.65 Å². The Balaban J connectivity index is 0. The predicted molar refractivity (Wildman–Crippen MR) is 109 cm³/mol. The van der Waals surface area contributed by atoms with Crippen molar-refractivity contribution in [3.63, 3.8) is 0 Å². The van der Waals surface area contributed by atoms with E-state index in [0.717, 1.165) is 13.0 Å². The van der Waals surface area contributed by atoms with E-state index in [9.17, 15) is 4.79 Å². The maximum Gasteiger partial charge on any atom is 0.237 e. The van der Waals surface area contributed by atoms with E-state index in [4.69, 9.17) is 0 Å². The number of carbonyl (C=O) groups excluding carboxylic acids is 1. The maximum absolute atomic E-state index is 12.3. The summed E-state index contributed by atoms with van der Waals surface area (Å²) in [5.41, 5.74) is 1.18. The van der Waals surface area contributed by atoms with Gasteiger partial charge in [-0.1, -0.05) is 70.2 Å². The molecule has 24 heavy (non-hydrogen) atoms. The van der Waals surface area contributed by atoms with Gasteiger partial charge in [0.25, 0.3) is 0 Å². The number of hydrogen-bond acceptors (Lipinski definition) is 2. The van der Waals surface area contributed by atoms with Crippen LogP contribution in [0.2, 0.25) is 0 Å². The van der Waals surface area contributed by atoms with Gasteiger partial charge in [0.1, 0.15) is 0 Å². The normalized spacial score (nSPS) is 11.8. The summed E-state index contributed by atoms with van der Waals surface area (Å²) >= 11 is 0. The highest BCUT2D eigenvalue weighted by Gasteiger charge is 2.16. The smallest absolute Gasteiger partial charge is 0.237 e. The molecule has 0 aromatic heterocycles. The Morgan fingerprint density at radius 1 is 1.08 bits per heavy atom. The Hall–Kier alpha value is -1.87. The first kappa shape index (κ1) is 20.2. The highest BCUT2D eigenvalue weighted by atomic mass is 16.2. The lowest BCUT2D eigenvalue weighted by Crippen LogP contribution is -2.44. The summed E-state index contributed by atoms with van der Waals surface area (Å²) in [5.74, 6) is 0.685. The minimum absolute atomic E-state index is 0. The number of hydrogen-bond donors (Lipinski definition) is 2. The average molecular weight is 333 g/mol. The van der Waals surface area contributed by atoms with Gasteiger partial charge in [-0.15, -0.1) is 0 Å². The Labute approximate surface area is 149 Å². The number of amides is 1. The van der Waals surface area contributed by atoms with Crippen LogP contribution in [-0.4, -0.2) is 25.5 Å². The van der Waals surface area contributed by atoms with Crippen molar-refractivity contribution in [3.8, 4) is 0 Å². The quantitative estimate of drug-likeness (QED) is 0.775. The Bertz CT molecular complexity index is 632. The van der Waals surface area contributed by atoms with Crippen LogP contribution in [0.15, 0.2) is 42.5 Å². The summed E-state index contributed by atoms with van der Waals surface area (Å²) < 4.78 is 0. The maximum atomic E-state index is 12.3. The molecular formula is C21H36N2O. The lowest BCUT2D eigenvalue weighted by Gasteiger charge is -2.17. The largest absolute Gasteiger partial charge is 0.355 e. The van der Waals surface area contributed by atoms with E-state index in [1.165, 1.54) is 16.3 Å². The molecule has 0 bridgehead atoms. The van der Waals surface area contributed by atoms with Gasteiger partial charge in [0, 0.05) is 9.40 Å². The molecule has 2 N–H and O–H groups in total. The summed E-state index contributed by atoms with van der Waals surface area (Å²) in [6.45, 7) is 9.07. The molecule has 0 aliphatic rings. The summed E-state index contributed by atoms with van der Waals surface area (Å²) in [6, 6.07) is 14.5. The molecule has 0 aliphatic heterocycles. The van der Waals surface area contributed by atoms with Gasteiger partial charge in [-0.25, -0.2) is 0 Å². The van der Waals surface area contributed by atoms with Gasteiger partial charge in [-0.05, 0) is 42.1 Å². The van der Waals surface area contributed by atoms with Crippen LogP contribution in [0.25, 0.3) is 10.8 Å². The molecule has 3 nitrogen and oxygen atoms in total. The molecule has 0 spiro atoms. The predicted octanol–water partition coefficient (Wildman–Crippen LogP) is 4.65. The highest BCUT2D eigenvalue weighted by molar-refractivity contribution is 5.84. The molecule has 2 rings (SSSR count). The standard InChI is InChI=1S/C19H26N2O.C2H6.2H2/c1-14(2)10-11-21-19(22)18(20-3)13-15-8-9-16-6-4-5-7-17(16)12-15;1-2;;/h4-9,12,14,18,20H,10-11,13H2,1-3H3,(H,21,22);1-2H3;2*1H/t18-;;;/m0.../s1. The number of rotatable bonds is 7. The molecule has 3 heteroatoms. The monoisotopic (exact) mass is 332 g/mol. The number of carbonyl (C=O) groups is 1. The molecule has 0 saturated heterocycles. The van der Waals surface area contributed by atoms with Crippen LogP contribution in [-0.2, 0) is 11.2 Å².